The Morgan fingerprint density at radius 1 is 0.353 bits per heavy atom. The van der Waals surface area contributed by atoms with Crippen LogP contribution in [0.25, 0.3) is 104 Å². The summed E-state index contributed by atoms with van der Waals surface area (Å²) in [6, 6.07) is 63.2. The summed E-state index contributed by atoms with van der Waals surface area (Å²) in [5, 5.41) is 13.3. The van der Waals surface area contributed by atoms with Gasteiger partial charge >= 0.3 is 0 Å². The van der Waals surface area contributed by atoms with Gasteiger partial charge in [-0.3, -0.25) is 4.57 Å². The molecule has 2 heterocycles. The molecule has 0 fully saturated rings. The van der Waals surface area contributed by atoms with Crippen LogP contribution in [0.4, 0.5) is 0 Å². The molecule has 0 spiro atoms. The van der Waals surface area contributed by atoms with Crippen LogP contribution >= 0.6 is 0 Å². The number of rotatable bonds is 3. The first-order chi connectivity index (χ1) is 25.3. The number of fused-ring (bicyclic) bond motifs is 11. The molecule has 3 heteroatoms. The molecule has 0 amide bonds. The van der Waals surface area contributed by atoms with Crippen LogP contribution in [0, 0.1) is 0 Å². The second kappa shape index (κ2) is 10.8. The highest BCUT2D eigenvalue weighted by atomic mass is 15.2. The van der Waals surface area contributed by atoms with E-state index in [-0.39, 0.29) is 0 Å². The molecule has 236 valence electrons. The van der Waals surface area contributed by atoms with Gasteiger partial charge in [-0.05, 0) is 84.5 Å². The highest BCUT2D eigenvalue weighted by Gasteiger charge is 2.21. The van der Waals surface area contributed by atoms with Gasteiger partial charge in [0.2, 0.25) is 5.95 Å². The van der Waals surface area contributed by atoms with E-state index in [1.807, 2.05) is 0 Å². The van der Waals surface area contributed by atoms with Crippen LogP contribution < -0.4 is 0 Å². The van der Waals surface area contributed by atoms with Crippen molar-refractivity contribution < 1.29 is 0 Å². The van der Waals surface area contributed by atoms with Crippen molar-refractivity contribution in [3.8, 4) is 28.3 Å². The summed E-state index contributed by atoms with van der Waals surface area (Å²) >= 11 is 0. The Hall–Kier alpha value is -6.84. The van der Waals surface area contributed by atoms with Crippen LogP contribution in [-0.4, -0.2) is 14.5 Å². The number of hydrogen-bond donors (Lipinski definition) is 0. The first kappa shape index (κ1) is 28.0. The smallest absolute Gasteiger partial charge is 0.235 e. The molecule has 0 atom stereocenters. The number of benzene rings is 9. The maximum atomic E-state index is 5.50. The molecule has 0 saturated heterocycles. The van der Waals surface area contributed by atoms with E-state index in [1.54, 1.807) is 0 Å². The number of para-hydroxylation sites is 1. The predicted octanol–water partition coefficient (Wildman–Crippen LogP) is 12.7. The van der Waals surface area contributed by atoms with Crippen LogP contribution in [-0.2, 0) is 0 Å². The van der Waals surface area contributed by atoms with Crippen molar-refractivity contribution in [1.82, 2.24) is 14.5 Å². The van der Waals surface area contributed by atoms with E-state index >= 15 is 0 Å². The normalized spacial score (nSPS) is 11.9. The van der Waals surface area contributed by atoms with Gasteiger partial charge in [-0.15, -0.1) is 0 Å². The zero-order valence-corrected chi connectivity index (χ0v) is 27.6. The average Bonchev–Trinajstić information content (AvgIpc) is 3.53. The summed E-state index contributed by atoms with van der Waals surface area (Å²) in [5.74, 6) is 0.660. The molecular formula is C48H29N3. The summed E-state index contributed by atoms with van der Waals surface area (Å²) in [7, 11) is 0. The summed E-state index contributed by atoms with van der Waals surface area (Å²) in [6.45, 7) is 0. The second-order valence-electron chi connectivity index (χ2n) is 13.4. The van der Waals surface area contributed by atoms with E-state index in [0.717, 1.165) is 33.2 Å². The standard InChI is InChI=1S/C48H29N3/c1-2-13-30(14-3-1)34-22-12-24-44-46(34)42-27-31-15-4-5-16-32(31)29-45(42)51(44)48-49-43-23-11-10-21-40(43)47(50-48)33-25-26-39-37-19-7-6-17-35(37)36-18-8-9-20-38(36)41(39)28-33/h1-29H. The number of aromatic nitrogens is 3. The topological polar surface area (TPSA) is 30.7 Å². The molecule has 11 rings (SSSR count). The first-order valence-corrected chi connectivity index (χ1v) is 17.4. The summed E-state index contributed by atoms with van der Waals surface area (Å²) in [6.07, 6.45) is 0. The molecule has 3 nitrogen and oxygen atoms in total. The van der Waals surface area contributed by atoms with Gasteiger partial charge < -0.3 is 0 Å². The van der Waals surface area contributed by atoms with Gasteiger partial charge in [0, 0.05) is 21.7 Å². The third-order valence-electron chi connectivity index (χ3n) is 10.6. The fraction of sp³-hybridized carbons (Fsp3) is 0. The van der Waals surface area contributed by atoms with E-state index in [9.17, 15) is 0 Å². The number of nitrogens with zero attached hydrogens (tertiary/aromatic N) is 3. The third kappa shape index (κ3) is 4.19. The van der Waals surface area contributed by atoms with Crippen LogP contribution in [0.1, 0.15) is 0 Å². The zero-order valence-electron chi connectivity index (χ0n) is 27.6. The summed E-state index contributed by atoms with van der Waals surface area (Å²) < 4.78 is 2.27. The minimum atomic E-state index is 0.660. The van der Waals surface area contributed by atoms with Gasteiger partial charge in [0.15, 0.2) is 0 Å². The Kier molecular flexibility index (Phi) is 5.96. The van der Waals surface area contributed by atoms with E-state index in [1.165, 1.54) is 65.0 Å². The van der Waals surface area contributed by atoms with Crippen molar-refractivity contribution in [2.24, 2.45) is 0 Å². The van der Waals surface area contributed by atoms with Crippen LogP contribution in [0.2, 0.25) is 0 Å². The molecule has 0 saturated carbocycles. The van der Waals surface area contributed by atoms with Crippen LogP contribution in [0.5, 0.6) is 0 Å². The molecule has 2 aromatic heterocycles. The fourth-order valence-electron chi connectivity index (χ4n) is 8.27. The minimum absolute atomic E-state index is 0.660. The second-order valence-corrected chi connectivity index (χ2v) is 13.4. The maximum absolute atomic E-state index is 5.50. The highest BCUT2D eigenvalue weighted by molar-refractivity contribution is 6.26. The van der Waals surface area contributed by atoms with Crippen LogP contribution in [0.3, 0.4) is 0 Å². The summed E-state index contributed by atoms with van der Waals surface area (Å²) in [4.78, 5) is 10.8. The Morgan fingerprint density at radius 2 is 0.961 bits per heavy atom. The monoisotopic (exact) mass is 647 g/mol. The first-order valence-electron chi connectivity index (χ1n) is 17.4. The highest BCUT2D eigenvalue weighted by Crippen LogP contribution is 2.41. The Bertz CT molecular complexity index is 3160. The Labute approximate surface area is 293 Å². The van der Waals surface area contributed by atoms with Gasteiger partial charge in [-0.1, -0.05) is 146 Å². The van der Waals surface area contributed by atoms with Gasteiger partial charge in [-0.25, -0.2) is 9.97 Å². The van der Waals surface area contributed by atoms with Crippen molar-refractivity contribution in [1.29, 1.82) is 0 Å². The molecular weight excluding hydrogens is 619 g/mol. The largest absolute Gasteiger partial charge is 0.278 e. The lowest BCUT2D eigenvalue weighted by Gasteiger charge is -2.14. The maximum Gasteiger partial charge on any atom is 0.235 e. The van der Waals surface area contributed by atoms with E-state index in [0.29, 0.717) is 5.95 Å². The molecule has 0 aliphatic heterocycles. The molecule has 0 aliphatic rings. The SMILES string of the molecule is c1ccc(-c2cccc3c2c2cc4ccccc4cc2n3-c2nc(-c3ccc4c5ccccc5c5ccccc5c4c3)c3ccccc3n2)cc1. The molecule has 51 heavy (non-hydrogen) atoms. The van der Waals surface area contributed by atoms with Crippen molar-refractivity contribution in [2.45, 2.75) is 0 Å². The van der Waals surface area contributed by atoms with E-state index < -0.39 is 0 Å². The quantitative estimate of drug-likeness (QED) is 0.179. The van der Waals surface area contributed by atoms with Gasteiger partial charge in [0.1, 0.15) is 0 Å². The lowest BCUT2D eigenvalue weighted by Crippen LogP contribution is -2.03. The lowest BCUT2D eigenvalue weighted by molar-refractivity contribution is 1.01. The van der Waals surface area contributed by atoms with Gasteiger partial charge in [-0.2, -0.15) is 0 Å². The Balaban J connectivity index is 1.24. The zero-order chi connectivity index (χ0) is 33.5. The average molecular weight is 648 g/mol. The Morgan fingerprint density at radius 3 is 1.71 bits per heavy atom. The van der Waals surface area contributed by atoms with Crippen molar-refractivity contribution in [3.05, 3.63) is 176 Å². The van der Waals surface area contributed by atoms with E-state index in [2.05, 4.69) is 180 Å². The molecule has 0 radical (unpaired) electrons. The van der Waals surface area contributed by atoms with E-state index in [4.69, 9.17) is 9.97 Å². The number of hydrogen-bond acceptors (Lipinski definition) is 2. The molecule has 0 unspecified atom stereocenters. The van der Waals surface area contributed by atoms with Gasteiger partial charge in [0.05, 0.1) is 22.2 Å². The molecule has 9 aromatic carbocycles. The third-order valence-corrected chi connectivity index (χ3v) is 10.6. The minimum Gasteiger partial charge on any atom is -0.278 e. The predicted molar refractivity (Wildman–Crippen MR) is 215 cm³/mol. The van der Waals surface area contributed by atoms with Crippen molar-refractivity contribution >= 4 is 75.8 Å². The molecule has 0 bridgehead atoms. The van der Waals surface area contributed by atoms with Crippen molar-refractivity contribution in [3.63, 3.8) is 0 Å². The van der Waals surface area contributed by atoms with Gasteiger partial charge in [0.25, 0.3) is 0 Å². The fourth-order valence-corrected chi connectivity index (χ4v) is 8.27. The molecule has 0 N–H and O–H groups in total. The summed E-state index contributed by atoms with van der Waals surface area (Å²) in [5.41, 5.74) is 7.45. The molecule has 11 aromatic rings. The van der Waals surface area contributed by atoms with Crippen LogP contribution in [0.15, 0.2) is 176 Å². The lowest BCUT2D eigenvalue weighted by atomic mass is 9.92. The molecule has 0 aliphatic carbocycles. The van der Waals surface area contributed by atoms with Crippen molar-refractivity contribution in [2.75, 3.05) is 0 Å².